The summed E-state index contributed by atoms with van der Waals surface area (Å²) in [4.78, 5) is 9.63. The quantitative estimate of drug-likeness (QED) is 0.841. The Balaban J connectivity index is 0.00000133. The number of pyridine rings is 1. The molecule has 0 amide bonds. The molecule has 1 aliphatic rings. The van der Waals surface area contributed by atoms with Crippen molar-refractivity contribution in [3.05, 3.63) is 36.4 Å². The number of hydrogen-bond donors (Lipinski definition) is 0. The lowest BCUT2D eigenvalue weighted by Crippen LogP contribution is -2.46. The SMILES string of the molecule is CCN1CCN(c2ccc3ccccc3n2)CC1.Cl. The third-order valence-electron chi connectivity index (χ3n) is 3.73. The van der Waals surface area contributed by atoms with Gasteiger partial charge in [0.05, 0.1) is 5.52 Å². The van der Waals surface area contributed by atoms with Crippen LogP contribution in [0.3, 0.4) is 0 Å². The Hall–Kier alpha value is -1.32. The van der Waals surface area contributed by atoms with Gasteiger partial charge in [0.2, 0.25) is 0 Å². The number of hydrogen-bond acceptors (Lipinski definition) is 3. The number of likely N-dealkylation sites (N-methyl/N-ethyl adjacent to an activating group) is 1. The number of halogens is 1. The van der Waals surface area contributed by atoms with Crippen LogP contribution in [-0.2, 0) is 0 Å². The molecule has 0 aliphatic carbocycles. The predicted octanol–water partition coefficient (Wildman–Crippen LogP) is 2.80. The van der Waals surface area contributed by atoms with Crippen LogP contribution in [0, 0.1) is 0 Å². The summed E-state index contributed by atoms with van der Waals surface area (Å²) >= 11 is 0. The molecule has 3 rings (SSSR count). The molecule has 102 valence electrons. The van der Waals surface area contributed by atoms with E-state index in [0.717, 1.165) is 44.1 Å². The first-order chi connectivity index (χ1) is 8.86. The van der Waals surface area contributed by atoms with Crippen LogP contribution in [0.2, 0.25) is 0 Å². The highest BCUT2D eigenvalue weighted by Crippen LogP contribution is 2.18. The summed E-state index contributed by atoms with van der Waals surface area (Å²) in [6.07, 6.45) is 0. The lowest BCUT2D eigenvalue weighted by molar-refractivity contribution is 0.270. The van der Waals surface area contributed by atoms with Gasteiger partial charge in [0.1, 0.15) is 5.82 Å². The molecule has 3 nitrogen and oxygen atoms in total. The number of para-hydroxylation sites is 1. The maximum atomic E-state index is 4.76. The highest BCUT2D eigenvalue weighted by atomic mass is 35.5. The van der Waals surface area contributed by atoms with Crippen LogP contribution in [0.4, 0.5) is 5.82 Å². The van der Waals surface area contributed by atoms with Crippen molar-refractivity contribution in [3.8, 4) is 0 Å². The zero-order chi connectivity index (χ0) is 12.4. The fourth-order valence-electron chi connectivity index (χ4n) is 2.52. The standard InChI is InChI=1S/C15H19N3.ClH/c1-2-17-9-11-18(12-10-17)15-8-7-13-5-3-4-6-14(13)16-15;/h3-8H,2,9-12H2,1H3;1H. The fraction of sp³-hybridized carbons (Fsp3) is 0.400. The van der Waals surface area contributed by atoms with Gasteiger partial charge in [-0.3, -0.25) is 0 Å². The number of nitrogens with zero attached hydrogens (tertiary/aromatic N) is 3. The number of rotatable bonds is 2. The van der Waals surface area contributed by atoms with Crippen molar-refractivity contribution in [3.63, 3.8) is 0 Å². The van der Waals surface area contributed by atoms with Crippen molar-refractivity contribution >= 4 is 29.1 Å². The highest BCUT2D eigenvalue weighted by molar-refractivity contribution is 5.85. The van der Waals surface area contributed by atoms with E-state index in [4.69, 9.17) is 4.98 Å². The average molecular weight is 278 g/mol. The minimum absolute atomic E-state index is 0. The molecular formula is C15H20ClN3. The van der Waals surface area contributed by atoms with Crippen LogP contribution in [0.5, 0.6) is 0 Å². The average Bonchev–Trinajstić information content (AvgIpc) is 2.47. The summed E-state index contributed by atoms with van der Waals surface area (Å²) in [5.41, 5.74) is 1.09. The molecule has 1 aromatic carbocycles. The molecule has 2 heterocycles. The van der Waals surface area contributed by atoms with E-state index in [-0.39, 0.29) is 12.4 Å². The second-order valence-corrected chi connectivity index (χ2v) is 4.78. The Kier molecular flexibility index (Phi) is 4.61. The van der Waals surface area contributed by atoms with Gasteiger partial charge in [-0.25, -0.2) is 4.98 Å². The Morgan fingerprint density at radius 1 is 1.00 bits per heavy atom. The highest BCUT2D eigenvalue weighted by Gasteiger charge is 2.16. The first-order valence-electron chi connectivity index (χ1n) is 6.70. The van der Waals surface area contributed by atoms with Crippen molar-refractivity contribution in [2.75, 3.05) is 37.6 Å². The minimum atomic E-state index is 0. The fourth-order valence-corrected chi connectivity index (χ4v) is 2.52. The van der Waals surface area contributed by atoms with Gasteiger partial charge in [0, 0.05) is 31.6 Å². The second-order valence-electron chi connectivity index (χ2n) is 4.78. The van der Waals surface area contributed by atoms with Crippen LogP contribution in [0.15, 0.2) is 36.4 Å². The first kappa shape index (κ1) is 14.1. The molecule has 0 N–H and O–H groups in total. The van der Waals surface area contributed by atoms with E-state index in [1.165, 1.54) is 5.39 Å². The summed E-state index contributed by atoms with van der Waals surface area (Å²) in [6, 6.07) is 12.6. The van der Waals surface area contributed by atoms with E-state index in [2.05, 4.69) is 47.1 Å². The molecule has 19 heavy (non-hydrogen) atoms. The van der Waals surface area contributed by atoms with Crippen molar-refractivity contribution < 1.29 is 0 Å². The number of fused-ring (bicyclic) bond motifs is 1. The van der Waals surface area contributed by atoms with E-state index in [1.54, 1.807) is 0 Å². The van der Waals surface area contributed by atoms with Crippen LogP contribution < -0.4 is 4.90 Å². The van der Waals surface area contributed by atoms with Gasteiger partial charge in [-0.05, 0) is 24.7 Å². The van der Waals surface area contributed by atoms with Gasteiger partial charge >= 0.3 is 0 Å². The lowest BCUT2D eigenvalue weighted by Gasteiger charge is -2.34. The Morgan fingerprint density at radius 2 is 1.74 bits per heavy atom. The minimum Gasteiger partial charge on any atom is -0.354 e. The smallest absolute Gasteiger partial charge is 0.129 e. The third kappa shape index (κ3) is 2.99. The number of anilines is 1. The van der Waals surface area contributed by atoms with Crippen molar-refractivity contribution in [2.24, 2.45) is 0 Å². The predicted molar refractivity (Wildman–Crippen MR) is 83.3 cm³/mol. The Labute approximate surface area is 120 Å². The van der Waals surface area contributed by atoms with Gasteiger partial charge in [-0.2, -0.15) is 0 Å². The van der Waals surface area contributed by atoms with Gasteiger partial charge in [-0.15, -0.1) is 12.4 Å². The zero-order valence-electron chi connectivity index (χ0n) is 11.2. The zero-order valence-corrected chi connectivity index (χ0v) is 12.1. The first-order valence-corrected chi connectivity index (χ1v) is 6.70. The maximum Gasteiger partial charge on any atom is 0.129 e. The molecule has 0 saturated carbocycles. The number of aromatic nitrogens is 1. The Morgan fingerprint density at radius 3 is 2.47 bits per heavy atom. The number of benzene rings is 1. The molecule has 0 atom stereocenters. The van der Waals surface area contributed by atoms with Gasteiger partial charge in [0.25, 0.3) is 0 Å². The molecule has 0 bridgehead atoms. The second kappa shape index (κ2) is 6.22. The largest absolute Gasteiger partial charge is 0.354 e. The summed E-state index contributed by atoms with van der Waals surface area (Å²) in [7, 11) is 0. The molecule has 4 heteroatoms. The molecule has 1 aliphatic heterocycles. The van der Waals surface area contributed by atoms with E-state index < -0.39 is 0 Å². The molecule has 1 saturated heterocycles. The van der Waals surface area contributed by atoms with Gasteiger partial charge in [0.15, 0.2) is 0 Å². The van der Waals surface area contributed by atoms with Gasteiger partial charge in [-0.1, -0.05) is 25.1 Å². The van der Waals surface area contributed by atoms with E-state index >= 15 is 0 Å². The van der Waals surface area contributed by atoms with Crippen LogP contribution in [0.25, 0.3) is 10.9 Å². The monoisotopic (exact) mass is 277 g/mol. The molecular weight excluding hydrogens is 258 g/mol. The van der Waals surface area contributed by atoms with E-state index in [0.29, 0.717) is 0 Å². The maximum absolute atomic E-state index is 4.76. The van der Waals surface area contributed by atoms with Crippen molar-refractivity contribution in [1.82, 2.24) is 9.88 Å². The van der Waals surface area contributed by atoms with E-state index in [9.17, 15) is 0 Å². The molecule has 0 spiro atoms. The van der Waals surface area contributed by atoms with Crippen molar-refractivity contribution in [2.45, 2.75) is 6.92 Å². The lowest BCUT2D eigenvalue weighted by atomic mass is 10.2. The normalized spacial score (nSPS) is 16.4. The van der Waals surface area contributed by atoms with Crippen LogP contribution in [-0.4, -0.2) is 42.6 Å². The molecule has 0 unspecified atom stereocenters. The summed E-state index contributed by atoms with van der Waals surface area (Å²) in [6.45, 7) is 7.83. The molecule has 1 fully saturated rings. The van der Waals surface area contributed by atoms with Crippen molar-refractivity contribution in [1.29, 1.82) is 0 Å². The van der Waals surface area contributed by atoms with Crippen LogP contribution >= 0.6 is 12.4 Å². The topological polar surface area (TPSA) is 19.4 Å². The summed E-state index contributed by atoms with van der Waals surface area (Å²) < 4.78 is 0. The number of piperazine rings is 1. The van der Waals surface area contributed by atoms with Crippen LogP contribution in [0.1, 0.15) is 6.92 Å². The van der Waals surface area contributed by atoms with E-state index in [1.807, 2.05) is 6.07 Å². The third-order valence-corrected chi connectivity index (χ3v) is 3.73. The summed E-state index contributed by atoms with van der Waals surface area (Å²) in [5, 5.41) is 1.22. The molecule has 2 aromatic rings. The Bertz CT molecular complexity index is 536. The molecule has 0 radical (unpaired) electrons. The van der Waals surface area contributed by atoms with Gasteiger partial charge < -0.3 is 9.80 Å². The summed E-state index contributed by atoms with van der Waals surface area (Å²) in [5.74, 6) is 1.12. The molecule has 1 aromatic heterocycles.